The highest BCUT2D eigenvalue weighted by Crippen LogP contribution is 2.38. The Morgan fingerprint density at radius 2 is 1.11 bits per heavy atom. The highest BCUT2D eigenvalue weighted by molar-refractivity contribution is 5.52. The van der Waals surface area contributed by atoms with Gasteiger partial charge in [0.2, 0.25) is 0 Å². The zero-order valence-corrected chi connectivity index (χ0v) is 13.7. The van der Waals surface area contributed by atoms with Crippen molar-refractivity contribution in [3.8, 4) is 0 Å². The van der Waals surface area contributed by atoms with Gasteiger partial charge in [0, 0.05) is 5.54 Å². The summed E-state index contributed by atoms with van der Waals surface area (Å²) in [4.78, 5) is 2.36. The van der Waals surface area contributed by atoms with Crippen LogP contribution >= 0.6 is 0 Å². The minimum absolute atomic E-state index is 0.122. The Hall–Kier alpha value is -0.820. The van der Waals surface area contributed by atoms with E-state index in [-0.39, 0.29) is 5.54 Å². The van der Waals surface area contributed by atoms with Crippen molar-refractivity contribution in [2.75, 3.05) is 14.1 Å². The topological polar surface area (TPSA) is 3.24 Å². The second kappa shape index (κ2) is 5.05. The van der Waals surface area contributed by atoms with Gasteiger partial charge in [-0.1, -0.05) is 6.92 Å². The van der Waals surface area contributed by atoms with Crippen molar-refractivity contribution in [1.29, 1.82) is 0 Å². The molecule has 0 saturated heterocycles. The summed E-state index contributed by atoms with van der Waals surface area (Å²) in [6, 6.07) is 0. The maximum Gasteiger partial charge on any atom is 0.0429 e. The van der Waals surface area contributed by atoms with Crippen LogP contribution in [0.2, 0.25) is 0 Å². The van der Waals surface area contributed by atoms with Gasteiger partial charge in [0.15, 0.2) is 0 Å². The van der Waals surface area contributed by atoms with Gasteiger partial charge in [0.05, 0.1) is 0 Å². The first-order valence-corrected chi connectivity index (χ1v) is 6.93. The fraction of sp³-hybridized carbons (Fsp3) is 0.647. The van der Waals surface area contributed by atoms with Gasteiger partial charge < -0.3 is 0 Å². The molecule has 0 aliphatic heterocycles. The van der Waals surface area contributed by atoms with Crippen molar-refractivity contribution in [1.82, 2.24) is 4.90 Å². The summed E-state index contributed by atoms with van der Waals surface area (Å²) in [6.07, 6.45) is 1.13. The van der Waals surface area contributed by atoms with E-state index in [1.54, 1.807) is 0 Å². The van der Waals surface area contributed by atoms with E-state index in [1.807, 2.05) is 0 Å². The molecule has 0 N–H and O–H groups in total. The lowest BCUT2D eigenvalue weighted by molar-refractivity contribution is 0.166. The molecule has 1 nitrogen and oxygen atoms in total. The number of hydrogen-bond acceptors (Lipinski definition) is 1. The van der Waals surface area contributed by atoms with Crippen LogP contribution in [-0.2, 0) is 5.54 Å². The second-order valence-corrected chi connectivity index (χ2v) is 6.02. The van der Waals surface area contributed by atoms with Gasteiger partial charge in [-0.25, -0.2) is 0 Å². The van der Waals surface area contributed by atoms with Crippen LogP contribution in [0.4, 0.5) is 0 Å². The van der Waals surface area contributed by atoms with Crippen LogP contribution < -0.4 is 0 Å². The van der Waals surface area contributed by atoms with Gasteiger partial charge in [0.25, 0.3) is 0 Å². The van der Waals surface area contributed by atoms with Crippen LogP contribution in [-0.4, -0.2) is 19.0 Å². The molecule has 0 spiro atoms. The van der Waals surface area contributed by atoms with Gasteiger partial charge in [0.1, 0.15) is 0 Å². The highest BCUT2D eigenvalue weighted by Gasteiger charge is 2.31. The molecule has 0 aliphatic carbocycles. The van der Waals surface area contributed by atoms with E-state index in [1.165, 1.54) is 33.4 Å². The largest absolute Gasteiger partial charge is 0.300 e. The van der Waals surface area contributed by atoms with Crippen molar-refractivity contribution in [2.45, 2.75) is 60.4 Å². The predicted octanol–water partition coefficient (Wildman–Crippen LogP) is 4.42. The molecule has 1 rings (SSSR count). The lowest BCUT2D eigenvalue weighted by Gasteiger charge is -2.40. The Morgan fingerprint density at radius 3 is 1.39 bits per heavy atom. The molecule has 0 saturated carbocycles. The first-order valence-electron chi connectivity index (χ1n) is 6.93. The zero-order chi connectivity index (χ0) is 14.2. The molecule has 0 radical (unpaired) electrons. The summed E-state index contributed by atoms with van der Waals surface area (Å²) < 4.78 is 0. The summed E-state index contributed by atoms with van der Waals surface area (Å²) in [7, 11) is 4.37. The lowest BCUT2D eigenvalue weighted by Crippen LogP contribution is -2.39. The molecular formula is C17H29N. The van der Waals surface area contributed by atoms with E-state index in [9.17, 15) is 0 Å². The van der Waals surface area contributed by atoms with E-state index < -0.39 is 0 Å². The number of benzene rings is 1. The fourth-order valence-electron chi connectivity index (χ4n) is 3.02. The van der Waals surface area contributed by atoms with Crippen LogP contribution in [0.25, 0.3) is 0 Å². The maximum atomic E-state index is 2.36. The Morgan fingerprint density at radius 1 is 0.778 bits per heavy atom. The van der Waals surface area contributed by atoms with Crippen LogP contribution in [0.3, 0.4) is 0 Å². The molecule has 0 amide bonds. The normalized spacial score (nSPS) is 15.0. The highest BCUT2D eigenvalue weighted by atomic mass is 15.1. The summed E-state index contributed by atoms with van der Waals surface area (Å²) in [5, 5.41) is 0. The van der Waals surface area contributed by atoms with Crippen LogP contribution in [0.15, 0.2) is 0 Å². The van der Waals surface area contributed by atoms with Gasteiger partial charge >= 0.3 is 0 Å². The summed E-state index contributed by atoms with van der Waals surface area (Å²) in [6.45, 7) is 16.0. The second-order valence-electron chi connectivity index (χ2n) is 6.02. The SMILES string of the molecule is CCC(C)(c1c(C)c(C)c(C)c(C)c1C)N(C)C. The van der Waals surface area contributed by atoms with Crippen molar-refractivity contribution >= 4 is 0 Å². The minimum atomic E-state index is 0.122. The quantitative estimate of drug-likeness (QED) is 0.764. The molecule has 1 aromatic rings. The smallest absolute Gasteiger partial charge is 0.0429 e. The lowest BCUT2D eigenvalue weighted by atomic mass is 9.78. The molecule has 18 heavy (non-hydrogen) atoms. The molecule has 1 atom stereocenters. The van der Waals surface area contributed by atoms with Gasteiger partial charge in [-0.2, -0.15) is 0 Å². The van der Waals surface area contributed by atoms with E-state index in [0.29, 0.717) is 0 Å². The number of hydrogen-bond donors (Lipinski definition) is 0. The Kier molecular flexibility index (Phi) is 4.27. The molecule has 1 aromatic carbocycles. The molecule has 1 heteroatoms. The molecule has 1 unspecified atom stereocenters. The van der Waals surface area contributed by atoms with Crippen LogP contribution in [0.5, 0.6) is 0 Å². The van der Waals surface area contributed by atoms with Crippen LogP contribution in [0.1, 0.15) is 53.6 Å². The van der Waals surface area contributed by atoms with E-state index in [0.717, 1.165) is 6.42 Å². The molecule has 102 valence electrons. The summed E-state index contributed by atoms with van der Waals surface area (Å²) in [5.74, 6) is 0. The molecule has 0 fully saturated rings. The Labute approximate surface area is 113 Å². The standard InChI is InChI=1S/C17H29N/c1-10-17(7,18(8)9)16-14(5)12(3)11(2)13(4)15(16)6/h10H2,1-9H3. The third-order valence-corrected chi connectivity index (χ3v) is 5.21. The average Bonchev–Trinajstić information content (AvgIpc) is 2.33. The Balaban J connectivity index is 3.70. The number of nitrogens with zero attached hydrogens (tertiary/aromatic N) is 1. The van der Waals surface area contributed by atoms with Gasteiger partial charge in [-0.3, -0.25) is 4.90 Å². The van der Waals surface area contributed by atoms with E-state index in [4.69, 9.17) is 0 Å². The van der Waals surface area contributed by atoms with E-state index >= 15 is 0 Å². The first kappa shape index (κ1) is 15.2. The van der Waals surface area contributed by atoms with Crippen molar-refractivity contribution in [3.63, 3.8) is 0 Å². The van der Waals surface area contributed by atoms with Crippen LogP contribution in [0, 0.1) is 34.6 Å². The molecule has 0 aliphatic rings. The zero-order valence-electron chi connectivity index (χ0n) is 13.7. The summed E-state index contributed by atoms with van der Waals surface area (Å²) >= 11 is 0. The van der Waals surface area contributed by atoms with Crippen molar-refractivity contribution < 1.29 is 0 Å². The monoisotopic (exact) mass is 247 g/mol. The van der Waals surface area contributed by atoms with Crippen molar-refractivity contribution in [3.05, 3.63) is 33.4 Å². The Bertz CT molecular complexity index is 428. The first-order chi connectivity index (χ1) is 8.18. The molecule has 0 heterocycles. The third-order valence-electron chi connectivity index (χ3n) is 5.21. The average molecular weight is 247 g/mol. The number of rotatable bonds is 3. The van der Waals surface area contributed by atoms with Gasteiger partial charge in [-0.15, -0.1) is 0 Å². The predicted molar refractivity (Wildman–Crippen MR) is 81.5 cm³/mol. The van der Waals surface area contributed by atoms with Crippen molar-refractivity contribution in [2.24, 2.45) is 0 Å². The molecule has 0 bridgehead atoms. The minimum Gasteiger partial charge on any atom is -0.300 e. The third kappa shape index (κ3) is 2.09. The molecule has 0 aromatic heterocycles. The van der Waals surface area contributed by atoms with E-state index in [2.05, 4.69) is 67.5 Å². The van der Waals surface area contributed by atoms with Gasteiger partial charge in [-0.05, 0) is 95.4 Å². The fourth-order valence-corrected chi connectivity index (χ4v) is 3.02. The summed E-state index contributed by atoms with van der Waals surface area (Å²) in [5.41, 5.74) is 8.94. The molecular weight excluding hydrogens is 218 g/mol. The maximum absolute atomic E-state index is 2.36.